The molecule has 0 saturated carbocycles. The average Bonchev–Trinajstić information content (AvgIpc) is 2.17. The third-order valence-electron chi connectivity index (χ3n) is 2.48. The van der Waals surface area contributed by atoms with Crippen LogP contribution in [0.2, 0.25) is 0 Å². The molecule has 5 nitrogen and oxygen atoms in total. The van der Waals surface area contributed by atoms with Gasteiger partial charge in [0.2, 0.25) is 5.79 Å². The van der Waals surface area contributed by atoms with Gasteiger partial charge in [0, 0.05) is 6.42 Å². The van der Waals surface area contributed by atoms with Crippen molar-refractivity contribution < 1.29 is 24.9 Å². The van der Waals surface area contributed by atoms with Crippen molar-refractivity contribution in [3.63, 3.8) is 0 Å². The Labute approximate surface area is 92.7 Å². The average molecular weight is 226 g/mol. The molecule has 0 aromatic carbocycles. The molecule has 0 radical (unpaired) electrons. The number of aliphatic hydroxyl groups is 2. The number of aliphatic carboxylic acids is 1. The highest BCUT2D eigenvalue weighted by Crippen LogP contribution is 2.31. The quantitative estimate of drug-likeness (QED) is 0.471. The Morgan fingerprint density at radius 1 is 1.31 bits per heavy atom. The Bertz CT molecular complexity index is 347. The molecule has 1 aliphatic rings. The maximum absolute atomic E-state index is 11.4. The molecule has 0 atom stereocenters. The van der Waals surface area contributed by atoms with E-state index in [4.69, 9.17) is 15.3 Å². The van der Waals surface area contributed by atoms with Crippen LogP contribution in [-0.2, 0) is 9.59 Å². The van der Waals surface area contributed by atoms with Crippen LogP contribution in [0.15, 0.2) is 24.3 Å². The third-order valence-corrected chi connectivity index (χ3v) is 2.48. The van der Waals surface area contributed by atoms with Gasteiger partial charge >= 0.3 is 5.97 Å². The van der Waals surface area contributed by atoms with E-state index in [1.54, 1.807) is 12.2 Å². The maximum Gasteiger partial charge on any atom is 0.317 e. The number of carboxylic acids is 1. The van der Waals surface area contributed by atoms with Gasteiger partial charge in [-0.1, -0.05) is 24.3 Å². The van der Waals surface area contributed by atoms with E-state index in [0.717, 1.165) is 6.92 Å². The highest BCUT2D eigenvalue weighted by Gasteiger charge is 2.40. The minimum Gasteiger partial charge on any atom is -0.480 e. The van der Waals surface area contributed by atoms with Gasteiger partial charge < -0.3 is 15.3 Å². The molecule has 0 spiro atoms. The molecule has 88 valence electrons. The SMILES string of the molecule is CC(O)(O)C(=O)CC1(C(=O)O)C=CCC=C1. The van der Waals surface area contributed by atoms with E-state index in [1.807, 2.05) is 0 Å². The van der Waals surface area contributed by atoms with Gasteiger partial charge in [-0.25, -0.2) is 0 Å². The summed E-state index contributed by atoms with van der Waals surface area (Å²) in [6, 6.07) is 0. The molecule has 1 aliphatic carbocycles. The smallest absolute Gasteiger partial charge is 0.317 e. The summed E-state index contributed by atoms with van der Waals surface area (Å²) in [5.74, 6) is -4.61. The van der Waals surface area contributed by atoms with Crippen LogP contribution in [-0.4, -0.2) is 32.9 Å². The molecule has 0 aliphatic heterocycles. The van der Waals surface area contributed by atoms with E-state index in [0.29, 0.717) is 6.42 Å². The predicted molar refractivity (Wildman–Crippen MR) is 55.4 cm³/mol. The molecule has 0 heterocycles. The fourth-order valence-corrected chi connectivity index (χ4v) is 1.46. The Balaban J connectivity index is 2.94. The lowest BCUT2D eigenvalue weighted by Gasteiger charge is -2.26. The highest BCUT2D eigenvalue weighted by atomic mass is 16.5. The summed E-state index contributed by atoms with van der Waals surface area (Å²) >= 11 is 0. The first-order chi connectivity index (χ1) is 7.28. The summed E-state index contributed by atoms with van der Waals surface area (Å²) in [5.41, 5.74) is -1.46. The minimum absolute atomic E-state index is 0.473. The summed E-state index contributed by atoms with van der Waals surface area (Å²) in [6.45, 7) is 0.918. The van der Waals surface area contributed by atoms with Crippen molar-refractivity contribution >= 4 is 11.8 Å². The lowest BCUT2D eigenvalue weighted by atomic mass is 9.78. The molecule has 5 heteroatoms. The zero-order valence-electron chi connectivity index (χ0n) is 8.88. The predicted octanol–water partition coefficient (Wildman–Crippen LogP) is 0.234. The van der Waals surface area contributed by atoms with Crippen molar-refractivity contribution in [2.75, 3.05) is 0 Å². The summed E-state index contributed by atoms with van der Waals surface area (Å²) in [5, 5.41) is 27.2. The largest absolute Gasteiger partial charge is 0.480 e. The minimum atomic E-state index is -2.50. The lowest BCUT2D eigenvalue weighted by Crippen LogP contribution is -2.40. The van der Waals surface area contributed by atoms with Crippen LogP contribution in [0.1, 0.15) is 19.8 Å². The number of rotatable bonds is 4. The van der Waals surface area contributed by atoms with Gasteiger partial charge in [-0.05, 0) is 13.3 Å². The molecule has 0 saturated heterocycles. The fourth-order valence-electron chi connectivity index (χ4n) is 1.46. The van der Waals surface area contributed by atoms with Crippen LogP contribution in [0.4, 0.5) is 0 Å². The Hall–Kier alpha value is -1.46. The van der Waals surface area contributed by atoms with Crippen LogP contribution in [0, 0.1) is 5.41 Å². The summed E-state index contributed by atoms with van der Waals surface area (Å²) < 4.78 is 0. The van der Waals surface area contributed by atoms with E-state index in [-0.39, 0.29) is 0 Å². The van der Waals surface area contributed by atoms with Gasteiger partial charge in [0.05, 0.1) is 0 Å². The molecular weight excluding hydrogens is 212 g/mol. The molecule has 0 amide bonds. The van der Waals surface area contributed by atoms with E-state index < -0.39 is 29.4 Å². The molecule has 3 N–H and O–H groups in total. The number of hydrogen-bond donors (Lipinski definition) is 3. The molecule has 0 unspecified atom stereocenters. The number of Topliss-reactive ketones (excluding diaryl/α,β-unsaturated/α-hetero) is 1. The Kier molecular flexibility index (Phi) is 3.30. The standard InChI is InChI=1S/C11H14O5/c1-10(15,16)8(12)7-11(9(13)14)5-3-2-4-6-11/h3-6,15-16H,2,7H2,1H3,(H,13,14). The molecule has 0 fully saturated rings. The van der Waals surface area contributed by atoms with E-state index in [9.17, 15) is 9.59 Å². The van der Waals surface area contributed by atoms with Crippen LogP contribution in [0.5, 0.6) is 0 Å². The molecule has 0 bridgehead atoms. The van der Waals surface area contributed by atoms with Gasteiger partial charge in [-0.3, -0.25) is 9.59 Å². The zero-order chi connectivity index (χ0) is 12.4. The second-order valence-corrected chi connectivity index (χ2v) is 4.01. The van der Waals surface area contributed by atoms with Crippen LogP contribution >= 0.6 is 0 Å². The van der Waals surface area contributed by atoms with Gasteiger partial charge in [0.1, 0.15) is 5.41 Å². The van der Waals surface area contributed by atoms with E-state index in [2.05, 4.69) is 0 Å². The number of carbonyl (C=O) groups excluding carboxylic acids is 1. The third kappa shape index (κ3) is 2.56. The van der Waals surface area contributed by atoms with Crippen LogP contribution in [0.25, 0.3) is 0 Å². The van der Waals surface area contributed by atoms with Crippen LogP contribution < -0.4 is 0 Å². The second kappa shape index (κ2) is 4.19. The topological polar surface area (TPSA) is 94.8 Å². The van der Waals surface area contributed by atoms with Gasteiger partial charge in [0.15, 0.2) is 5.78 Å². The first kappa shape index (κ1) is 12.6. The van der Waals surface area contributed by atoms with Crippen molar-refractivity contribution in [1.29, 1.82) is 0 Å². The van der Waals surface area contributed by atoms with Gasteiger partial charge in [-0.15, -0.1) is 0 Å². The van der Waals surface area contributed by atoms with Gasteiger partial charge in [-0.2, -0.15) is 0 Å². The number of ketones is 1. The monoisotopic (exact) mass is 226 g/mol. The Morgan fingerprint density at radius 3 is 2.19 bits per heavy atom. The van der Waals surface area contributed by atoms with E-state index in [1.165, 1.54) is 12.2 Å². The highest BCUT2D eigenvalue weighted by molar-refractivity contribution is 5.92. The van der Waals surface area contributed by atoms with Gasteiger partial charge in [0.25, 0.3) is 0 Å². The van der Waals surface area contributed by atoms with E-state index >= 15 is 0 Å². The van der Waals surface area contributed by atoms with Crippen LogP contribution in [0.3, 0.4) is 0 Å². The normalized spacial score (nSPS) is 18.4. The van der Waals surface area contributed by atoms with Crippen molar-refractivity contribution in [1.82, 2.24) is 0 Å². The number of hydrogen-bond acceptors (Lipinski definition) is 4. The summed E-state index contributed by atoms with van der Waals surface area (Å²) in [4.78, 5) is 22.5. The maximum atomic E-state index is 11.4. The lowest BCUT2D eigenvalue weighted by molar-refractivity contribution is -0.178. The van der Waals surface area contributed by atoms with Crippen molar-refractivity contribution in [3.8, 4) is 0 Å². The molecule has 0 aromatic rings. The van der Waals surface area contributed by atoms with Crippen molar-refractivity contribution in [2.24, 2.45) is 5.41 Å². The fraction of sp³-hybridized carbons (Fsp3) is 0.455. The number of carbonyl (C=O) groups is 2. The molecule has 0 aromatic heterocycles. The first-order valence-corrected chi connectivity index (χ1v) is 4.85. The number of carboxylic acid groups (broad SMARTS) is 1. The van der Waals surface area contributed by atoms with Crippen molar-refractivity contribution in [3.05, 3.63) is 24.3 Å². The molecule has 16 heavy (non-hydrogen) atoms. The zero-order valence-corrected chi connectivity index (χ0v) is 8.88. The first-order valence-electron chi connectivity index (χ1n) is 4.85. The Morgan fingerprint density at radius 2 is 1.81 bits per heavy atom. The molecule has 1 rings (SSSR count). The number of allylic oxidation sites excluding steroid dienone is 2. The second-order valence-electron chi connectivity index (χ2n) is 4.01. The summed E-state index contributed by atoms with van der Waals surface area (Å²) in [6.07, 6.45) is 6.20. The summed E-state index contributed by atoms with van der Waals surface area (Å²) in [7, 11) is 0. The molecular formula is C11H14O5. The van der Waals surface area contributed by atoms with Crippen molar-refractivity contribution in [2.45, 2.75) is 25.6 Å².